The number of nitrogens with zero attached hydrogens (tertiary/aromatic N) is 2. The zero-order chi connectivity index (χ0) is 11.6. The second kappa shape index (κ2) is 4.51. The topological polar surface area (TPSA) is 58.5 Å². The summed E-state index contributed by atoms with van der Waals surface area (Å²) in [6, 6.07) is 9.89. The molecule has 1 aliphatic rings. The van der Waals surface area contributed by atoms with E-state index in [0.29, 0.717) is 0 Å². The lowest BCUT2D eigenvalue weighted by Crippen LogP contribution is -2.64. The molecule has 0 atom stereocenters. The van der Waals surface area contributed by atoms with Crippen LogP contribution in [-0.4, -0.2) is 43.0 Å². The van der Waals surface area contributed by atoms with E-state index in [0.717, 1.165) is 31.7 Å². The Morgan fingerprint density at radius 3 is 2.12 bits per heavy atom. The maximum atomic E-state index is 6.24. The molecular formula is C12H20N4. The zero-order valence-electron chi connectivity index (χ0n) is 9.76. The Bertz CT molecular complexity index is 328. The SMILES string of the molecule is CN1CCN(C(N)(N)c2ccccc2)CC1. The molecule has 1 aliphatic heterocycles. The van der Waals surface area contributed by atoms with Crippen molar-refractivity contribution in [3.8, 4) is 0 Å². The van der Waals surface area contributed by atoms with Crippen molar-refractivity contribution in [1.82, 2.24) is 9.80 Å². The van der Waals surface area contributed by atoms with Gasteiger partial charge in [-0.05, 0) is 7.05 Å². The van der Waals surface area contributed by atoms with Crippen LogP contribution in [0.5, 0.6) is 0 Å². The van der Waals surface area contributed by atoms with Gasteiger partial charge < -0.3 is 4.90 Å². The molecule has 1 heterocycles. The van der Waals surface area contributed by atoms with Crippen molar-refractivity contribution in [2.75, 3.05) is 33.2 Å². The fourth-order valence-corrected chi connectivity index (χ4v) is 2.06. The third-order valence-electron chi connectivity index (χ3n) is 3.26. The molecule has 4 nitrogen and oxygen atoms in total. The lowest BCUT2D eigenvalue weighted by atomic mass is 10.1. The van der Waals surface area contributed by atoms with Crippen LogP contribution in [0.2, 0.25) is 0 Å². The van der Waals surface area contributed by atoms with Crippen LogP contribution >= 0.6 is 0 Å². The molecule has 88 valence electrons. The molecule has 0 unspecified atom stereocenters. The van der Waals surface area contributed by atoms with Crippen molar-refractivity contribution >= 4 is 0 Å². The quantitative estimate of drug-likeness (QED) is 0.687. The van der Waals surface area contributed by atoms with Crippen LogP contribution in [0.3, 0.4) is 0 Å². The minimum Gasteiger partial charge on any atom is -0.304 e. The summed E-state index contributed by atoms with van der Waals surface area (Å²) in [5, 5.41) is 0. The summed E-state index contributed by atoms with van der Waals surface area (Å²) in [5.41, 5.74) is 13.5. The van der Waals surface area contributed by atoms with Crippen LogP contribution in [0.25, 0.3) is 0 Å². The van der Waals surface area contributed by atoms with Crippen LogP contribution in [0.4, 0.5) is 0 Å². The van der Waals surface area contributed by atoms with Gasteiger partial charge in [-0.3, -0.25) is 16.4 Å². The van der Waals surface area contributed by atoms with Crippen molar-refractivity contribution in [2.24, 2.45) is 11.5 Å². The van der Waals surface area contributed by atoms with E-state index in [2.05, 4.69) is 16.8 Å². The summed E-state index contributed by atoms with van der Waals surface area (Å²) in [6.45, 7) is 3.86. The van der Waals surface area contributed by atoms with Gasteiger partial charge in [-0.1, -0.05) is 30.3 Å². The van der Waals surface area contributed by atoms with Gasteiger partial charge in [0.15, 0.2) is 0 Å². The van der Waals surface area contributed by atoms with Crippen molar-refractivity contribution in [3.05, 3.63) is 35.9 Å². The van der Waals surface area contributed by atoms with E-state index in [9.17, 15) is 0 Å². The molecule has 4 heteroatoms. The number of benzene rings is 1. The summed E-state index contributed by atoms with van der Waals surface area (Å²) >= 11 is 0. The Balaban J connectivity index is 2.13. The van der Waals surface area contributed by atoms with Gasteiger partial charge in [0, 0.05) is 31.7 Å². The van der Waals surface area contributed by atoms with Gasteiger partial charge in [0.25, 0.3) is 0 Å². The molecule has 2 rings (SSSR count). The molecule has 0 bridgehead atoms. The van der Waals surface area contributed by atoms with Crippen molar-refractivity contribution in [3.63, 3.8) is 0 Å². The minimum absolute atomic E-state index is 0.845. The van der Waals surface area contributed by atoms with Gasteiger partial charge >= 0.3 is 0 Å². The van der Waals surface area contributed by atoms with Gasteiger partial charge in [0.2, 0.25) is 0 Å². The monoisotopic (exact) mass is 220 g/mol. The number of hydrogen-bond acceptors (Lipinski definition) is 4. The standard InChI is InChI=1S/C12H20N4/c1-15-7-9-16(10-8-15)12(13,14)11-5-3-2-4-6-11/h2-6H,7-10,13-14H2,1H3. The highest BCUT2D eigenvalue weighted by Crippen LogP contribution is 2.18. The molecule has 0 spiro atoms. The van der Waals surface area contributed by atoms with E-state index in [1.54, 1.807) is 0 Å². The maximum absolute atomic E-state index is 6.24. The normalized spacial score (nSPS) is 19.9. The second-order valence-electron chi connectivity index (χ2n) is 4.48. The Morgan fingerprint density at radius 1 is 1.00 bits per heavy atom. The van der Waals surface area contributed by atoms with E-state index >= 15 is 0 Å². The van der Waals surface area contributed by atoms with Crippen molar-refractivity contribution in [1.29, 1.82) is 0 Å². The first-order chi connectivity index (χ1) is 7.60. The number of hydrogen-bond donors (Lipinski definition) is 2. The van der Waals surface area contributed by atoms with Gasteiger partial charge in [0.1, 0.15) is 5.79 Å². The van der Waals surface area contributed by atoms with Gasteiger partial charge in [-0.25, -0.2) is 0 Å². The lowest BCUT2D eigenvalue weighted by Gasteiger charge is -2.42. The minimum atomic E-state index is -0.845. The summed E-state index contributed by atoms with van der Waals surface area (Å²) in [6.07, 6.45) is 0. The molecule has 1 aromatic rings. The molecular weight excluding hydrogens is 200 g/mol. The van der Waals surface area contributed by atoms with Crippen LogP contribution in [0.15, 0.2) is 30.3 Å². The summed E-state index contributed by atoms with van der Waals surface area (Å²) in [5.74, 6) is -0.845. The molecule has 1 aromatic carbocycles. The highest BCUT2D eigenvalue weighted by atomic mass is 15.4. The van der Waals surface area contributed by atoms with E-state index in [1.807, 2.05) is 30.3 Å². The van der Waals surface area contributed by atoms with E-state index in [-0.39, 0.29) is 0 Å². The average molecular weight is 220 g/mol. The summed E-state index contributed by atoms with van der Waals surface area (Å²) in [7, 11) is 2.12. The lowest BCUT2D eigenvalue weighted by molar-refractivity contribution is 0.0444. The van der Waals surface area contributed by atoms with Crippen molar-refractivity contribution in [2.45, 2.75) is 5.79 Å². The smallest absolute Gasteiger partial charge is 0.148 e. The largest absolute Gasteiger partial charge is 0.304 e. The molecule has 0 radical (unpaired) electrons. The Morgan fingerprint density at radius 2 is 1.56 bits per heavy atom. The van der Waals surface area contributed by atoms with Gasteiger partial charge in [-0.15, -0.1) is 0 Å². The molecule has 4 N–H and O–H groups in total. The van der Waals surface area contributed by atoms with Gasteiger partial charge in [0.05, 0.1) is 0 Å². The first-order valence-electron chi connectivity index (χ1n) is 5.67. The first kappa shape index (κ1) is 11.5. The average Bonchev–Trinajstić information content (AvgIpc) is 2.31. The third-order valence-corrected chi connectivity index (χ3v) is 3.26. The zero-order valence-corrected chi connectivity index (χ0v) is 9.76. The number of nitrogens with two attached hydrogens (primary N) is 2. The fraction of sp³-hybridized carbons (Fsp3) is 0.500. The number of rotatable bonds is 2. The Kier molecular flexibility index (Phi) is 3.25. The molecule has 16 heavy (non-hydrogen) atoms. The molecule has 0 aliphatic carbocycles. The van der Waals surface area contributed by atoms with E-state index in [1.165, 1.54) is 0 Å². The van der Waals surface area contributed by atoms with E-state index in [4.69, 9.17) is 11.5 Å². The number of piperazine rings is 1. The predicted octanol–water partition coefficient (Wildman–Crippen LogP) is -0.0383. The first-order valence-corrected chi connectivity index (χ1v) is 5.67. The second-order valence-corrected chi connectivity index (χ2v) is 4.48. The fourth-order valence-electron chi connectivity index (χ4n) is 2.06. The van der Waals surface area contributed by atoms with Gasteiger partial charge in [-0.2, -0.15) is 0 Å². The van der Waals surface area contributed by atoms with Crippen LogP contribution in [0, 0.1) is 0 Å². The predicted molar refractivity (Wildman–Crippen MR) is 65.6 cm³/mol. The van der Waals surface area contributed by atoms with Crippen LogP contribution in [-0.2, 0) is 5.79 Å². The summed E-state index contributed by atoms with van der Waals surface area (Å²) in [4.78, 5) is 4.43. The third kappa shape index (κ3) is 2.25. The molecule has 1 fully saturated rings. The van der Waals surface area contributed by atoms with Crippen molar-refractivity contribution < 1.29 is 0 Å². The summed E-state index contributed by atoms with van der Waals surface area (Å²) < 4.78 is 0. The van der Waals surface area contributed by atoms with Crippen LogP contribution < -0.4 is 11.5 Å². The van der Waals surface area contributed by atoms with E-state index < -0.39 is 5.79 Å². The Labute approximate surface area is 96.8 Å². The molecule has 0 amide bonds. The number of likely N-dealkylation sites (N-methyl/N-ethyl adjacent to an activating group) is 1. The molecule has 0 saturated carbocycles. The highest BCUT2D eigenvalue weighted by molar-refractivity contribution is 5.22. The molecule has 1 saturated heterocycles. The maximum Gasteiger partial charge on any atom is 0.148 e. The van der Waals surface area contributed by atoms with Crippen LogP contribution in [0.1, 0.15) is 5.56 Å². The molecule has 0 aromatic heterocycles. The highest BCUT2D eigenvalue weighted by Gasteiger charge is 2.31. The Hall–Kier alpha value is -0.940.